The summed E-state index contributed by atoms with van der Waals surface area (Å²) >= 11 is 0. The van der Waals surface area contributed by atoms with Crippen molar-refractivity contribution in [2.24, 2.45) is 0 Å². The molecule has 0 aliphatic heterocycles. The average molecular weight is 234 g/mol. The summed E-state index contributed by atoms with van der Waals surface area (Å²) in [5.41, 5.74) is 1.19. The maximum atomic E-state index is 5.36. The third kappa shape index (κ3) is 4.19. The Morgan fingerprint density at radius 1 is 1.59 bits per heavy atom. The van der Waals surface area contributed by atoms with Gasteiger partial charge in [0.25, 0.3) is 0 Å². The van der Waals surface area contributed by atoms with Crippen molar-refractivity contribution in [1.29, 1.82) is 0 Å². The van der Waals surface area contributed by atoms with Gasteiger partial charge in [-0.1, -0.05) is 13.0 Å². The van der Waals surface area contributed by atoms with Crippen LogP contribution >= 0.6 is 0 Å². The molecule has 0 saturated carbocycles. The molecule has 0 saturated heterocycles. The molecule has 17 heavy (non-hydrogen) atoms. The van der Waals surface area contributed by atoms with Crippen LogP contribution in [-0.2, 0) is 0 Å². The molecule has 1 aromatic heterocycles. The van der Waals surface area contributed by atoms with Crippen LogP contribution < -0.4 is 10.1 Å². The van der Waals surface area contributed by atoms with Gasteiger partial charge in [-0.25, -0.2) is 0 Å². The number of nitrogens with zero attached hydrogens (tertiary/aromatic N) is 1. The number of aromatic nitrogens is 1. The predicted molar refractivity (Wildman–Crippen MR) is 71.3 cm³/mol. The molecule has 1 N–H and O–H groups in total. The van der Waals surface area contributed by atoms with E-state index < -0.39 is 0 Å². The Hall–Kier alpha value is -1.35. The number of methoxy groups -OCH3 is 1. The number of allylic oxidation sites excluding steroid dienone is 1. The molecule has 1 rings (SSSR count). The third-order valence-electron chi connectivity index (χ3n) is 2.76. The zero-order chi connectivity index (χ0) is 12.5. The minimum Gasteiger partial charge on any atom is -0.495 e. The number of hydrogen-bond acceptors (Lipinski definition) is 3. The Balaban J connectivity index is 2.76. The molecule has 1 heterocycles. The lowest BCUT2D eigenvalue weighted by Gasteiger charge is -2.20. The monoisotopic (exact) mass is 234 g/mol. The first kappa shape index (κ1) is 13.7. The summed E-state index contributed by atoms with van der Waals surface area (Å²) in [6.07, 6.45) is 8.82. The van der Waals surface area contributed by atoms with Crippen molar-refractivity contribution in [3.05, 3.63) is 36.7 Å². The zero-order valence-corrected chi connectivity index (χ0v) is 10.8. The standard InChI is InChI=1S/C14H22N2O/c1-4-6-7-8-13(16-5-2)12-9-10-15-11-14(12)17-3/h4,9-11,13,16H,1,5-8H2,2-3H3. The minimum atomic E-state index is 0.331. The number of ether oxygens (including phenoxy) is 1. The molecule has 0 fully saturated rings. The number of unbranched alkanes of at least 4 members (excludes halogenated alkanes) is 1. The van der Waals surface area contributed by atoms with Crippen molar-refractivity contribution in [2.45, 2.75) is 32.2 Å². The van der Waals surface area contributed by atoms with Gasteiger partial charge in [0, 0.05) is 17.8 Å². The fourth-order valence-corrected chi connectivity index (χ4v) is 1.93. The van der Waals surface area contributed by atoms with E-state index in [0.717, 1.165) is 31.6 Å². The Kier molecular flexibility index (Phi) is 6.33. The summed E-state index contributed by atoms with van der Waals surface area (Å²) in [7, 11) is 1.69. The Labute approximate surface area is 104 Å². The van der Waals surface area contributed by atoms with Crippen molar-refractivity contribution in [3.8, 4) is 5.75 Å². The summed E-state index contributed by atoms with van der Waals surface area (Å²) in [6.45, 7) is 6.82. The van der Waals surface area contributed by atoms with Crippen LogP contribution in [0.15, 0.2) is 31.1 Å². The Morgan fingerprint density at radius 2 is 2.41 bits per heavy atom. The zero-order valence-electron chi connectivity index (χ0n) is 10.8. The number of nitrogens with one attached hydrogen (secondary N) is 1. The van der Waals surface area contributed by atoms with Gasteiger partial charge in [0.2, 0.25) is 0 Å². The van der Waals surface area contributed by atoms with Crippen molar-refractivity contribution >= 4 is 0 Å². The van der Waals surface area contributed by atoms with Crippen LogP contribution in [0, 0.1) is 0 Å². The van der Waals surface area contributed by atoms with Crippen LogP contribution in [-0.4, -0.2) is 18.6 Å². The minimum absolute atomic E-state index is 0.331. The molecule has 0 aliphatic carbocycles. The molecule has 0 spiro atoms. The first-order valence-corrected chi connectivity index (χ1v) is 6.15. The normalized spacial score (nSPS) is 12.1. The van der Waals surface area contributed by atoms with E-state index in [1.54, 1.807) is 13.3 Å². The SMILES string of the molecule is C=CCCCC(NCC)c1ccncc1OC. The van der Waals surface area contributed by atoms with Gasteiger partial charge in [-0.15, -0.1) is 6.58 Å². The van der Waals surface area contributed by atoms with Gasteiger partial charge in [0.1, 0.15) is 5.75 Å². The van der Waals surface area contributed by atoms with E-state index in [2.05, 4.69) is 23.8 Å². The molecule has 3 nitrogen and oxygen atoms in total. The molecule has 1 atom stereocenters. The Morgan fingerprint density at radius 3 is 3.06 bits per heavy atom. The van der Waals surface area contributed by atoms with Crippen LogP contribution in [0.4, 0.5) is 0 Å². The second-order valence-corrected chi connectivity index (χ2v) is 3.95. The summed E-state index contributed by atoms with van der Waals surface area (Å²) in [4.78, 5) is 4.09. The smallest absolute Gasteiger partial charge is 0.141 e. The highest BCUT2D eigenvalue weighted by Gasteiger charge is 2.14. The number of rotatable bonds is 8. The van der Waals surface area contributed by atoms with Gasteiger partial charge in [-0.2, -0.15) is 0 Å². The molecule has 0 radical (unpaired) electrons. The number of hydrogen-bond donors (Lipinski definition) is 1. The van der Waals surface area contributed by atoms with E-state index in [1.807, 2.05) is 18.3 Å². The highest BCUT2D eigenvalue weighted by Crippen LogP contribution is 2.27. The van der Waals surface area contributed by atoms with Crippen molar-refractivity contribution < 1.29 is 4.74 Å². The molecule has 0 amide bonds. The van der Waals surface area contributed by atoms with Crippen LogP contribution in [0.1, 0.15) is 37.8 Å². The van der Waals surface area contributed by atoms with Gasteiger partial charge in [-0.3, -0.25) is 4.98 Å². The largest absolute Gasteiger partial charge is 0.495 e. The highest BCUT2D eigenvalue weighted by atomic mass is 16.5. The molecule has 3 heteroatoms. The summed E-state index contributed by atoms with van der Waals surface area (Å²) in [6, 6.07) is 2.36. The molecule has 1 aromatic rings. The van der Waals surface area contributed by atoms with Crippen molar-refractivity contribution in [3.63, 3.8) is 0 Å². The first-order valence-electron chi connectivity index (χ1n) is 6.15. The second-order valence-electron chi connectivity index (χ2n) is 3.95. The molecule has 94 valence electrons. The third-order valence-corrected chi connectivity index (χ3v) is 2.76. The van der Waals surface area contributed by atoms with E-state index in [1.165, 1.54) is 5.56 Å². The van der Waals surface area contributed by atoms with Crippen LogP contribution in [0.2, 0.25) is 0 Å². The van der Waals surface area contributed by atoms with Crippen LogP contribution in [0.5, 0.6) is 5.75 Å². The molecular formula is C14H22N2O. The van der Waals surface area contributed by atoms with E-state index in [-0.39, 0.29) is 0 Å². The van der Waals surface area contributed by atoms with E-state index in [4.69, 9.17) is 4.74 Å². The van der Waals surface area contributed by atoms with Gasteiger partial charge in [0.15, 0.2) is 0 Å². The van der Waals surface area contributed by atoms with Gasteiger partial charge in [0.05, 0.1) is 13.3 Å². The molecule has 1 unspecified atom stereocenters. The lowest BCUT2D eigenvalue weighted by molar-refractivity contribution is 0.392. The van der Waals surface area contributed by atoms with Crippen LogP contribution in [0.3, 0.4) is 0 Å². The van der Waals surface area contributed by atoms with Gasteiger partial charge >= 0.3 is 0 Å². The molecule has 0 bridgehead atoms. The predicted octanol–water partition coefficient (Wildman–Crippen LogP) is 3.10. The highest BCUT2D eigenvalue weighted by molar-refractivity contribution is 5.32. The fraction of sp³-hybridized carbons (Fsp3) is 0.500. The average Bonchev–Trinajstić information content (AvgIpc) is 2.38. The van der Waals surface area contributed by atoms with E-state index >= 15 is 0 Å². The second kappa shape index (κ2) is 7.85. The fourth-order valence-electron chi connectivity index (χ4n) is 1.93. The van der Waals surface area contributed by atoms with Crippen molar-refractivity contribution in [1.82, 2.24) is 10.3 Å². The van der Waals surface area contributed by atoms with Gasteiger partial charge < -0.3 is 10.1 Å². The molecule has 0 aromatic carbocycles. The van der Waals surface area contributed by atoms with Crippen LogP contribution in [0.25, 0.3) is 0 Å². The topological polar surface area (TPSA) is 34.2 Å². The summed E-state index contributed by atoms with van der Waals surface area (Å²) in [5.74, 6) is 0.858. The van der Waals surface area contributed by atoms with Crippen molar-refractivity contribution in [2.75, 3.05) is 13.7 Å². The first-order chi connectivity index (χ1) is 8.33. The lowest BCUT2D eigenvalue weighted by atomic mass is 10.0. The van der Waals surface area contributed by atoms with E-state index in [0.29, 0.717) is 6.04 Å². The molecule has 0 aliphatic rings. The van der Waals surface area contributed by atoms with E-state index in [9.17, 15) is 0 Å². The molecular weight excluding hydrogens is 212 g/mol. The van der Waals surface area contributed by atoms with Gasteiger partial charge in [-0.05, 0) is 31.9 Å². The maximum Gasteiger partial charge on any atom is 0.141 e. The lowest BCUT2D eigenvalue weighted by Crippen LogP contribution is -2.21. The summed E-state index contributed by atoms with van der Waals surface area (Å²) < 4.78 is 5.36. The Bertz CT molecular complexity index is 339. The number of pyridine rings is 1. The summed E-state index contributed by atoms with van der Waals surface area (Å²) in [5, 5.41) is 3.49. The maximum absolute atomic E-state index is 5.36. The quantitative estimate of drug-likeness (QED) is 0.554.